The number of aromatic nitrogens is 2. The largest absolute Gasteiger partial charge is 0.353 e. The zero-order chi connectivity index (χ0) is 24.6. The summed E-state index contributed by atoms with van der Waals surface area (Å²) in [5.74, 6) is 0.473. The number of fused-ring (bicyclic) bond motifs is 1. The van der Waals surface area contributed by atoms with E-state index in [1.165, 1.54) is 0 Å². The second-order valence-corrected chi connectivity index (χ2v) is 9.32. The lowest BCUT2D eigenvalue weighted by Gasteiger charge is -2.34. The van der Waals surface area contributed by atoms with Crippen LogP contribution in [0.25, 0.3) is 10.8 Å². The number of rotatable bonds is 9. The molecule has 2 N–H and O–H groups in total. The SMILES string of the molecule is CC(C)C(NC(=O)Cc1ccc2ccccc2c1)C(=O)NCCN1CCN(c2ncccn2)CC1. The molecule has 1 aliphatic heterocycles. The minimum atomic E-state index is -0.560. The lowest BCUT2D eigenvalue weighted by molar-refractivity contribution is -0.129. The molecule has 0 saturated carbocycles. The average Bonchev–Trinajstić information content (AvgIpc) is 2.88. The number of hydrogen-bond donors (Lipinski definition) is 2. The Morgan fingerprint density at radius 3 is 2.37 bits per heavy atom. The molecule has 35 heavy (non-hydrogen) atoms. The van der Waals surface area contributed by atoms with E-state index in [0.29, 0.717) is 6.54 Å². The number of benzene rings is 2. The van der Waals surface area contributed by atoms with Gasteiger partial charge in [0.15, 0.2) is 0 Å². The first-order valence-electron chi connectivity index (χ1n) is 12.3. The molecule has 184 valence electrons. The Hall–Kier alpha value is -3.52. The van der Waals surface area contributed by atoms with Crippen molar-refractivity contribution in [1.82, 2.24) is 25.5 Å². The Morgan fingerprint density at radius 2 is 1.66 bits per heavy atom. The highest BCUT2D eigenvalue weighted by Crippen LogP contribution is 2.16. The first kappa shape index (κ1) is 24.6. The smallest absolute Gasteiger partial charge is 0.242 e. The van der Waals surface area contributed by atoms with E-state index < -0.39 is 6.04 Å². The van der Waals surface area contributed by atoms with Crippen molar-refractivity contribution >= 4 is 28.5 Å². The van der Waals surface area contributed by atoms with Crippen LogP contribution in [0.1, 0.15) is 19.4 Å². The van der Waals surface area contributed by atoms with E-state index in [-0.39, 0.29) is 24.2 Å². The molecule has 8 nitrogen and oxygen atoms in total. The Labute approximate surface area is 206 Å². The molecule has 0 bridgehead atoms. The molecular weight excluding hydrogens is 440 g/mol. The Balaban J connectivity index is 1.22. The first-order valence-corrected chi connectivity index (χ1v) is 12.3. The van der Waals surface area contributed by atoms with Crippen molar-refractivity contribution in [3.63, 3.8) is 0 Å². The highest BCUT2D eigenvalue weighted by atomic mass is 16.2. The van der Waals surface area contributed by atoms with E-state index in [1.54, 1.807) is 12.4 Å². The van der Waals surface area contributed by atoms with Crippen molar-refractivity contribution in [2.75, 3.05) is 44.2 Å². The molecule has 2 amide bonds. The zero-order valence-electron chi connectivity index (χ0n) is 20.5. The maximum Gasteiger partial charge on any atom is 0.242 e. The van der Waals surface area contributed by atoms with Crippen molar-refractivity contribution in [3.8, 4) is 0 Å². The van der Waals surface area contributed by atoms with Crippen molar-refractivity contribution in [2.24, 2.45) is 5.92 Å². The van der Waals surface area contributed by atoms with Crippen LogP contribution in [0.3, 0.4) is 0 Å². The molecule has 0 spiro atoms. The molecule has 2 aromatic carbocycles. The fraction of sp³-hybridized carbons (Fsp3) is 0.407. The summed E-state index contributed by atoms with van der Waals surface area (Å²) in [5, 5.41) is 8.20. The highest BCUT2D eigenvalue weighted by molar-refractivity contribution is 5.89. The molecule has 0 radical (unpaired) electrons. The van der Waals surface area contributed by atoms with Crippen LogP contribution < -0.4 is 15.5 Å². The number of piperazine rings is 1. The maximum absolute atomic E-state index is 12.9. The number of carbonyl (C=O) groups is 2. The fourth-order valence-corrected chi connectivity index (χ4v) is 4.37. The van der Waals surface area contributed by atoms with Crippen LogP contribution in [0.15, 0.2) is 60.9 Å². The van der Waals surface area contributed by atoms with Gasteiger partial charge in [-0.3, -0.25) is 14.5 Å². The van der Waals surface area contributed by atoms with E-state index in [0.717, 1.165) is 55.0 Å². The third-order valence-electron chi connectivity index (χ3n) is 6.38. The number of amides is 2. The van der Waals surface area contributed by atoms with Gasteiger partial charge in [-0.15, -0.1) is 0 Å². The molecular formula is C27H34N6O2. The van der Waals surface area contributed by atoms with Crippen molar-refractivity contribution in [3.05, 3.63) is 66.5 Å². The predicted octanol–water partition coefficient (Wildman–Crippen LogP) is 2.25. The molecule has 1 aromatic heterocycles. The Morgan fingerprint density at radius 1 is 0.943 bits per heavy atom. The van der Waals surface area contributed by atoms with E-state index in [9.17, 15) is 9.59 Å². The van der Waals surface area contributed by atoms with Gasteiger partial charge in [0.05, 0.1) is 6.42 Å². The lowest BCUT2D eigenvalue weighted by atomic mass is 10.0. The minimum absolute atomic E-state index is 0.00929. The van der Waals surface area contributed by atoms with Gasteiger partial charge in [-0.2, -0.15) is 0 Å². The van der Waals surface area contributed by atoms with Gasteiger partial charge in [0.25, 0.3) is 0 Å². The number of hydrogen-bond acceptors (Lipinski definition) is 6. The van der Waals surface area contributed by atoms with E-state index in [2.05, 4.69) is 36.5 Å². The zero-order valence-corrected chi connectivity index (χ0v) is 20.5. The number of anilines is 1. The highest BCUT2D eigenvalue weighted by Gasteiger charge is 2.24. The van der Waals surface area contributed by atoms with Crippen LogP contribution in [0.2, 0.25) is 0 Å². The van der Waals surface area contributed by atoms with Gasteiger partial charge in [-0.05, 0) is 28.3 Å². The van der Waals surface area contributed by atoms with Gasteiger partial charge >= 0.3 is 0 Å². The fourth-order valence-electron chi connectivity index (χ4n) is 4.37. The third kappa shape index (κ3) is 6.76. The van der Waals surface area contributed by atoms with Crippen LogP contribution in [-0.4, -0.2) is 72.0 Å². The summed E-state index contributed by atoms with van der Waals surface area (Å²) in [6.07, 6.45) is 3.77. The molecule has 4 rings (SSSR count). The van der Waals surface area contributed by atoms with Crippen LogP contribution in [0.5, 0.6) is 0 Å². The topological polar surface area (TPSA) is 90.5 Å². The van der Waals surface area contributed by atoms with Crippen LogP contribution in [0.4, 0.5) is 5.95 Å². The number of carbonyl (C=O) groups excluding carboxylic acids is 2. The van der Waals surface area contributed by atoms with E-state index >= 15 is 0 Å². The standard InChI is InChI=1S/C27H34N6O2/c1-20(2)25(31-24(34)19-21-8-9-22-6-3-4-7-23(22)18-21)26(35)28-12-13-32-14-16-33(17-15-32)27-29-10-5-11-30-27/h3-11,18,20,25H,12-17,19H2,1-2H3,(H,28,35)(H,31,34). The monoisotopic (exact) mass is 474 g/mol. The summed E-state index contributed by atoms with van der Waals surface area (Å²) in [6.45, 7) is 8.72. The Bertz CT molecular complexity index is 1130. The molecule has 3 aromatic rings. The predicted molar refractivity (Wildman–Crippen MR) is 138 cm³/mol. The second kappa shape index (κ2) is 11.8. The summed E-state index contributed by atoms with van der Waals surface area (Å²) < 4.78 is 0. The maximum atomic E-state index is 12.9. The van der Waals surface area contributed by atoms with Gasteiger partial charge in [0, 0.05) is 51.7 Å². The van der Waals surface area contributed by atoms with Crippen molar-refractivity contribution < 1.29 is 9.59 Å². The molecule has 1 saturated heterocycles. The second-order valence-electron chi connectivity index (χ2n) is 9.32. The normalized spacial score (nSPS) is 15.2. The van der Waals surface area contributed by atoms with Gasteiger partial charge < -0.3 is 15.5 Å². The van der Waals surface area contributed by atoms with Gasteiger partial charge in [-0.25, -0.2) is 9.97 Å². The van der Waals surface area contributed by atoms with Crippen molar-refractivity contribution in [2.45, 2.75) is 26.3 Å². The summed E-state index contributed by atoms with van der Waals surface area (Å²) in [4.78, 5) is 38.7. The van der Waals surface area contributed by atoms with Crippen molar-refractivity contribution in [1.29, 1.82) is 0 Å². The van der Waals surface area contributed by atoms with Crippen LogP contribution >= 0.6 is 0 Å². The van der Waals surface area contributed by atoms with E-state index in [1.807, 2.05) is 56.3 Å². The molecule has 1 fully saturated rings. The molecule has 1 unspecified atom stereocenters. The van der Waals surface area contributed by atoms with Gasteiger partial charge in [0.1, 0.15) is 6.04 Å². The minimum Gasteiger partial charge on any atom is -0.353 e. The molecule has 2 heterocycles. The summed E-state index contributed by atoms with van der Waals surface area (Å²) in [6, 6.07) is 15.4. The molecule has 1 aliphatic rings. The van der Waals surface area contributed by atoms with Crippen LogP contribution in [0, 0.1) is 5.92 Å². The molecule has 0 aliphatic carbocycles. The summed E-state index contributed by atoms with van der Waals surface area (Å²) >= 11 is 0. The third-order valence-corrected chi connectivity index (χ3v) is 6.38. The van der Waals surface area contributed by atoms with Gasteiger partial charge in [0.2, 0.25) is 17.8 Å². The average molecular weight is 475 g/mol. The Kier molecular flexibility index (Phi) is 8.26. The quantitative estimate of drug-likeness (QED) is 0.494. The first-order chi connectivity index (χ1) is 17.0. The number of nitrogens with one attached hydrogen (secondary N) is 2. The summed E-state index contributed by atoms with van der Waals surface area (Å²) in [5.41, 5.74) is 0.934. The number of nitrogens with zero attached hydrogens (tertiary/aromatic N) is 4. The summed E-state index contributed by atoms with van der Waals surface area (Å²) in [7, 11) is 0. The molecule has 1 atom stereocenters. The lowest BCUT2D eigenvalue weighted by Crippen LogP contribution is -2.52. The van der Waals surface area contributed by atoms with Crippen LogP contribution in [-0.2, 0) is 16.0 Å². The molecule has 8 heteroatoms. The van der Waals surface area contributed by atoms with Gasteiger partial charge in [-0.1, -0.05) is 56.3 Å². The van der Waals surface area contributed by atoms with E-state index in [4.69, 9.17) is 0 Å².